The van der Waals surface area contributed by atoms with E-state index in [9.17, 15) is 0 Å². The summed E-state index contributed by atoms with van der Waals surface area (Å²) in [6.45, 7) is 4.19. The molecule has 0 fully saturated rings. The summed E-state index contributed by atoms with van der Waals surface area (Å²) in [7, 11) is 2.14. The van der Waals surface area contributed by atoms with Crippen LogP contribution in [0.3, 0.4) is 0 Å². The minimum Gasteiger partial charge on any atom is -0.328 e. The van der Waals surface area contributed by atoms with Gasteiger partial charge in [-0.15, -0.1) is 0 Å². The van der Waals surface area contributed by atoms with Crippen molar-refractivity contribution in [3.05, 3.63) is 34.3 Å². The van der Waals surface area contributed by atoms with Crippen LogP contribution in [0, 0.1) is 0 Å². The van der Waals surface area contributed by atoms with Crippen molar-refractivity contribution >= 4 is 15.9 Å². The van der Waals surface area contributed by atoms with Crippen LogP contribution in [0.15, 0.2) is 28.7 Å². The Morgan fingerprint density at radius 3 is 2.50 bits per heavy atom. The molecular weight excluding hydrogens is 264 g/mol. The largest absolute Gasteiger partial charge is 0.328 e. The lowest BCUT2D eigenvalue weighted by molar-refractivity contribution is 0.309. The predicted molar refractivity (Wildman–Crippen MR) is 73.4 cm³/mol. The standard InChI is InChI=1S/C13H21BrN2/c1-3-13(15)8-9-16(2)10-11-4-6-12(14)7-5-11/h4-7,13H,3,8-10,15H2,1-2H3. The fourth-order valence-corrected chi connectivity index (χ4v) is 1.84. The fourth-order valence-electron chi connectivity index (χ4n) is 1.57. The fraction of sp³-hybridized carbons (Fsp3) is 0.538. The Bertz CT molecular complexity index is 297. The second kappa shape index (κ2) is 7.05. The number of hydrogen-bond acceptors (Lipinski definition) is 2. The first kappa shape index (κ1) is 13.7. The SMILES string of the molecule is CCC(N)CCN(C)Cc1ccc(Br)cc1. The molecular formula is C13H21BrN2. The van der Waals surface area contributed by atoms with Gasteiger partial charge < -0.3 is 10.6 Å². The first-order valence-electron chi connectivity index (χ1n) is 5.80. The molecule has 1 aromatic rings. The summed E-state index contributed by atoms with van der Waals surface area (Å²) in [4.78, 5) is 2.32. The van der Waals surface area contributed by atoms with Crippen LogP contribution in [0.1, 0.15) is 25.3 Å². The molecule has 1 rings (SSSR count). The molecule has 0 bridgehead atoms. The number of rotatable bonds is 6. The Balaban J connectivity index is 2.33. The highest BCUT2D eigenvalue weighted by atomic mass is 79.9. The minimum atomic E-state index is 0.340. The average molecular weight is 285 g/mol. The van der Waals surface area contributed by atoms with E-state index in [2.05, 4.69) is 59.1 Å². The van der Waals surface area contributed by atoms with E-state index in [0.717, 1.165) is 30.4 Å². The zero-order valence-corrected chi connectivity index (χ0v) is 11.7. The van der Waals surface area contributed by atoms with Crippen LogP contribution in [0.2, 0.25) is 0 Å². The van der Waals surface area contributed by atoms with Gasteiger partial charge in [0.15, 0.2) is 0 Å². The van der Waals surface area contributed by atoms with Gasteiger partial charge in [-0.3, -0.25) is 0 Å². The monoisotopic (exact) mass is 284 g/mol. The number of nitrogens with zero attached hydrogens (tertiary/aromatic N) is 1. The van der Waals surface area contributed by atoms with Crippen LogP contribution < -0.4 is 5.73 Å². The van der Waals surface area contributed by atoms with Gasteiger partial charge in [-0.25, -0.2) is 0 Å². The first-order valence-corrected chi connectivity index (χ1v) is 6.59. The van der Waals surface area contributed by atoms with Gasteiger partial charge >= 0.3 is 0 Å². The lowest BCUT2D eigenvalue weighted by Crippen LogP contribution is -2.27. The minimum absolute atomic E-state index is 0.340. The lowest BCUT2D eigenvalue weighted by Gasteiger charge is -2.18. The van der Waals surface area contributed by atoms with E-state index in [4.69, 9.17) is 5.73 Å². The summed E-state index contributed by atoms with van der Waals surface area (Å²) in [5.74, 6) is 0. The number of benzene rings is 1. The van der Waals surface area contributed by atoms with Gasteiger partial charge in [-0.2, -0.15) is 0 Å². The van der Waals surface area contributed by atoms with Crippen molar-refractivity contribution < 1.29 is 0 Å². The zero-order chi connectivity index (χ0) is 12.0. The van der Waals surface area contributed by atoms with Gasteiger partial charge in [0.2, 0.25) is 0 Å². The molecule has 0 aliphatic heterocycles. The summed E-state index contributed by atoms with van der Waals surface area (Å²) in [5, 5.41) is 0. The number of nitrogens with two attached hydrogens (primary N) is 1. The van der Waals surface area contributed by atoms with Gasteiger partial charge in [0.05, 0.1) is 0 Å². The van der Waals surface area contributed by atoms with E-state index >= 15 is 0 Å². The summed E-state index contributed by atoms with van der Waals surface area (Å²) in [6, 6.07) is 8.81. The third-order valence-electron chi connectivity index (χ3n) is 2.77. The van der Waals surface area contributed by atoms with Crippen LogP contribution in [-0.2, 0) is 6.54 Å². The molecule has 90 valence electrons. The van der Waals surface area contributed by atoms with Crippen molar-refractivity contribution in [1.29, 1.82) is 0 Å². The smallest absolute Gasteiger partial charge is 0.0230 e. The van der Waals surface area contributed by atoms with E-state index in [0.29, 0.717) is 6.04 Å². The first-order chi connectivity index (χ1) is 7.61. The molecule has 16 heavy (non-hydrogen) atoms. The van der Waals surface area contributed by atoms with E-state index in [1.807, 2.05) is 0 Å². The highest BCUT2D eigenvalue weighted by Crippen LogP contribution is 2.12. The zero-order valence-electron chi connectivity index (χ0n) is 10.1. The summed E-state index contributed by atoms with van der Waals surface area (Å²) in [5.41, 5.74) is 7.24. The molecule has 0 aliphatic carbocycles. The number of halogens is 1. The maximum Gasteiger partial charge on any atom is 0.0230 e. The molecule has 0 radical (unpaired) electrons. The molecule has 2 N–H and O–H groups in total. The normalized spacial score (nSPS) is 13.1. The Morgan fingerprint density at radius 2 is 1.94 bits per heavy atom. The quantitative estimate of drug-likeness (QED) is 0.870. The topological polar surface area (TPSA) is 29.3 Å². The van der Waals surface area contributed by atoms with Crippen molar-refractivity contribution in [1.82, 2.24) is 4.90 Å². The highest BCUT2D eigenvalue weighted by Gasteiger charge is 2.03. The van der Waals surface area contributed by atoms with Gasteiger partial charge in [-0.05, 0) is 44.1 Å². The Morgan fingerprint density at radius 1 is 1.31 bits per heavy atom. The molecule has 0 spiro atoms. The highest BCUT2D eigenvalue weighted by molar-refractivity contribution is 9.10. The van der Waals surface area contributed by atoms with E-state index in [-0.39, 0.29) is 0 Å². The second-order valence-electron chi connectivity index (χ2n) is 4.32. The van der Waals surface area contributed by atoms with Crippen molar-refractivity contribution in [2.45, 2.75) is 32.4 Å². The lowest BCUT2D eigenvalue weighted by atomic mass is 10.1. The van der Waals surface area contributed by atoms with Crippen LogP contribution in [-0.4, -0.2) is 24.5 Å². The van der Waals surface area contributed by atoms with E-state index in [1.54, 1.807) is 0 Å². The Labute approximate surface area is 107 Å². The molecule has 0 heterocycles. The van der Waals surface area contributed by atoms with Crippen molar-refractivity contribution in [2.75, 3.05) is 13.6 Å². The third-order valence-corrected chi connectivity index (χ3v) is 3.30. The van der Waals surface area contributed by atoms with E-state index in [1.165, 1.54) is 5.56 Å². The predicted octanol–water partition coefficient (Wildman–Crippen LogP) is 3.01. The third kappa shape index (κ3) is 5.10. The molecule has 0 saturated carbocycles. The van der Waals surface area contributed by atoms with Gasteiger partial charge in [-0.1, -0.05) is 35.0 Å². The van der Waals surface area contributed by atoms with Crippen LogP contribution in [0.5, 0.6) is 0 Å². The molecule has 0 aromatic heterocycles. The molecule has 0 aliphatic rings. The molecule has 1 aromatic carbocycles. The van der Waals surface area contributed by atoms with Gasteiger partial charge in [0.25, 0.3) is 0 Å². The summed E-state index contributed by atoms with van der Waals surface area (Å²) < 4.78 is 1.13. The molecule has 2 nitrogen and oxygen atoms in total. The summed E-state index contributed by atoms with van der Waals surface area (Å²) in [6.07, 6.45) is 2.13. The van der Waals surface area contributed by atoms with Gasteiger partial charge in [0.1, 0.15) is 0 Å². The molecule has 1 unspecified atom stereocenters. The van der Waals surface area contributed by atoms with Crippen molar-refractivity contribution in [3.8, 4) is 0 Å². The van der Waals surface area contributed by atoms with Crippen LogP contribution in [0.4, 0.5) is 0 Å². The molecule has 0 amide bonds. The van der Waals surface area contributed by atoms with Gasteiger partial charge in [0, 0.05) is 17.1 Å². The molecule has 1 atom stereocenters. The Kier molecular flexibility index (Phi) is 6.03. The number of hydrogen-bond donors (Lipinski definition) is 1. The molecule has 3 heteroatoms. The Hall–Kier alpha value is -0.380. The van der Waals surface area contributed by atoms with Crippen molar-refractivity contribution in [3.63, 3.8) is 0 Å². The van der Waals surface area contributed by atoms with Crippen molar-refractivity contribution in [2.24, 2.45) is 5.73 Å². The molecule has 0 saturated heterocycles. The second-order valence-corrected chi connectivity index (χ2v) is 5.24. The summed E-state index contributed by atoms with van der Waals surface area (Å²) >= 11 is 3.44. The van der Waals surface area contributed by atoms with Crippen LogP contribution >= 0.6 is 15.9 Å². The average Bonchev–Trinajstić information content (AvgIpc) is 2.29. The maximum absolute atomic E-state index is 5.90. The van der Waals surface area contributed by atoms with Crippen LogP contribution in [0.25, 0.3) is 0 Å². The maximum atomic E-state index is 5.90. The van der Waals surface area contributed by atoms with E-state index < -0.39 is 0 Å².